The molecule has 0 aliphatic carbocycles. The maximum Gasteiger partial charge on any atom is 0.332 e. The molecule has 0 unspecified atom stereocenters. The highest BCUT2D eigenvalue weighted by Crippen LogP contribution is 2.45. The minimum absolute atomic E-state index is 0.0441. The van der Waals surface area contributed by atoms with Crippen molar-refractivity contribution in [2.45, 2.75) is 44.8 Å². The van der Waals surface area contributed by atoms with Crippen LogP contribution in [0.15, 0.2) is 72.8 Å². The molecule has 0 bridgehead atoms. The maximum atomic E-state index is 14.1. The summed E-state index contributed by atoms with van der Waals surface area (Å²) in [7, 11) is 0. The van der Waals surface area contributed by atoms with Gasteiger partial charge in [-0.3, -0.25) is 14.5 Å². The average Bonchev–Trinajstić information content (AvgIpc) is 3.41. The lowest BCUT2D eigenvalue weighted by atomic mass is 9.89. The third-order valence-corrected chi connectivity index (χ3v) is 7.83. The van der Waals surface area contributed by atoms with E-state index < -0.39 is 18.1 Å². The Bertz CT molecular complexity index is 1600. The Morgan fingerprint density at radius 1 is 1.08 bits per heavy atom. The van der Waals surface area contributed by atoms with Crippen LogP contribution < -0.4 is 10.2 Å². The fraction of sp³-hybridized carbons (Fsp3) is 0.233. The van der Waals surface area contributed by atoms with Crippen LogP contribution in [0, 0.1) is 0 Å². The van der Waals surface area contributed by atoms with E-state index in [1.165, 1.54) is 4.90 Å². The summed E-state index contributed by atoms with van der Waals surface area (Å²) in [6.07, 6.45) is 1.14. The van der Waals surface area contributed by atoms with E-state index in [2.05, 4.69) is 10.3 Å². The summed E-state index contributed by atoms with van der Waals surface area (Å²) in [6.45, 7) is 3.90. The quantitative estimate of drug-likeness (QED) is 0.321. The van der Waals surface area contributed by atoms with E-state index in [1.54, 1.807) is 35.2 Å². The van der Waals surface area contributed by atoms with Crippen molar-refractivity contribution < 1.29 is 14.4 Å². The van der Waals surface area contributed by atoms with Gasteiger partial charge in [0.25, 0.3) is 11.8 Å². The van der Waals surface area contributed by atoms with Gasteiger partial charge in [-0.25, -0.2) is 9.69 Å². The van der Waals surface area contributed by atoms with Crippen LogP contribution in [0.1, 0.15) is 53.5 Å². The van der Waals surface area contributed by atoms with Crippen LogP contribution >= 0.6 is 11.6 Å². The molecule has 38 heavy (non-hydrogen) atoms. The summed E-state index contributed by atoms with van der Waals surface area (Å²) in [6, 6.07) is 20.3. The van der Waals surface area contributed by atoms with Crippen molar-refractivity contribution in [2.75, 3.05) is 4.90 Å². The third-order valence-electron chi connectivity index (χ3n) is 7.59. The van der Waals surface area contributed by atoms with Crippen LogP contribution in [0.2, 0.25) is 5.02 Å². The highest BCUT2D eigenvalue weighted by Gasteiger charge is 2.53. The number of anilines is 1. The largest absolute Gasteiger partial charge is 0.356 e. The zero-order valence-electron chi connectivity index (χ0n) is 21.1. The summed E-state index contributed by atoms with van der Waals surface area (Å²) in [5, 5.41) is 4.53. The molecule has 7 nitrogen and oxygen atoms in total. The van der Waals surface area contributed by atoms with Gasteiger partial charge in [-0.2, -0.15) is 0 Å². The lowest BCUT2D eigenvalue weighted by Gasteiger charge is -2.36. The standard InChI is InChI=1S/C30H27ClN4O3/c1-3-17(2)32-28(36)21-12-5-7-14-24(21)35-29(37)25-16-22-20-11-4-6-13-23(20)33-26(22)27(34(25)30(35)38)18-9-8-10-19(31)15-18/h4-15,17,25,27,33H,3,16H2,1-2H3,(H,32,36)/t17-,25+,27-/m1/s1. The van der Waals surface area contributed by atoms with Crippen LogP contribution in [0.25, 0.3) is 10.9 Å². The monoisotopic (exact) mass is 526 g/mol. The molecule has 3 heterocycles. The number of para-hydroxylation sites is 2. The smallest absolute Gasteiger partial charge is 0.332 e. The van der Waals surface area contributed by atoms with E-state index in [4.69, 9.17) is 11.6 Å². The number of hydrogen-bond donors (Lipinski definition) is 2. The maximum absolute atomic E-state index is 14.1. The molecular formula is C30H27ClN4O3. The number of carbonyl (C=O) groups excluding carboxylic acids is 3. The first kappa shape index (κ1) is 24.2. The second-order valence-corrected chi connectivity index (χ2v) is 10.3. The SMILES string of the molecule is CC[C@@H](C)NC(=O)c1ccccc1N1C(=O)[C@@H]2Cc3c([nH]c4ccccc34)[C@@H](c3cccc(Cl)c3)N2C1=O. The normalized spacial score (nSPS) is 19.4. The highest BCUT2D eigenvalue weighted by atomic mass is 35.5. The van der Waals surface area contributed by atoms with Crippen molar-refractivity contribution >= 4 is 46.0 Å². The van der Waals surface area contributed by atoms with Crippen molar-refractivity contribution in [3.05, 3.63) is 100 Å². The number of hydrogen-bond acceptors (Lipinski definition) is 3. The van der Waals surface area contributed by atoms with E-state index in [-0.39, 0.29) is 29.1 Å². The lowest BCUT2D eigenvalue weighted by molar-refractivity contribution is -0.120. The second kappa shape index (κ2) is 9.33. The van der Waals surface area contributed by atoms with Gasteiger partial charge in [0.1, 0.15) is 12.1 Å². The van der Waals surface area contributed by atoms with Crippen LogP contribution in [0.5, 0.6) is 0 Å². The van der Waals surface area contributed by atoms with Crippen molar-refractivity contribution in [1.82, 2.24) is 15.2 Å². The van der Waals surface area contributed by atoms with Crippen LogP contribution in [-0.2, 0) is 11.2 Å². The molecule has 2 aliphatic rings. The zero-order valence-corrected chi connectivity index (χ0v) is 21.8. The topological polar surface area (TPSA) is 85.5 Å². The summed E-state index contributed by atoms with van der Waals surface area (Å²) in [5.41, 5.74) is 4.22. The predicted octanol–water partition coefficient (Wildman–Crippen LogP) is 5.83. The highest BCUT2D eigenvalue weighted by molar-refractivity contribution is 6.30. The van der Waals surface area contributed by atoms with E-state index in [1.807, 2.05) is 56.3 Å². The van der Waals surface area contributed by atoms with Crippen molar-refractivity contribution in [1.29, 1.82) is 0 Å². The van der Waals surface area contributed by atoms with Gasteiger partial charge < -0.3 is 10.3 Å². The first-order chi connectivity index (χ1) is 18.4. The number of imide groups is 1. The summed E-state index contributed by atoms with van der Waals surface area (Å²) in [5.74, 6) is -0.662. The Morgan fingerprint density at radius 3 is 2.63 bits per heavy atom. The molecule has 8 heteroatoms. The number of nitrogens with one attached hydrogen (secondary N) is 2. The zero-order chi connectivity index (χ0) is 26.6. The van der Waals surface area contributed by atoms with Crippen LogP contribution in [0.3, 0.4) is 0 Å². The molecule has 3 atom stereocenters. The van der Waals surface area contributed by atoms with Gasteiger partial charge in [-0.1, -0.05) is 61.0 Å². The van der Waals surface area contributed by atoms with Gasteiger partial charge in [0, 0.05) is 34.1 Å². The van der Waals surface area contributed by atoms with Gasteiger partial charge >= 0.3 is 6.03 Å². The number of H-pyrrole nitrogens is 1. The van der Waals surface area contributed by atoms with E-state index >= 15 is 0 Å². The van der Waals surface area contributed by atoms with Crippen molar-refractivity contribution in [3.63, 3.8) is 0 Å². The number of aromatic nitrogens is 1. The Morgan fingerprint density at radius 2 is 1.84 bits per heavy atom. The summed E-state index contributed by atoms with van der Waals surface area (Å²) in [4.78, 5) is 47.6. The van der Waals surface area contributed by atoms with Gasteiger partial charge in [-0.05, 0) is 54.8 Å². The minimum atomic E-state index is -0.719. The molecule has 1 saturated heterocycles. The number of urea groups is 1. The molecule has 3 aromatic carbocycles. The van der Waals surface area contributed by atoms with Gasteiger partial charge in [0.15, 0.2) is 0 Å². The predicted molar refractivity (Wildman–Crippen MR) is 147 cm³/mol. The molecule has 0 spiro atoms. The number of aromatic amines is 1. The molecule has 1 aromatic heterocycles. The molecule has 0 radical (unpaired) electrons. The molecule has 4 aromatic rings. The Balaban J connectivity index is 1.48. The molecule has 4 amide bonds. The molecule has 2 aliphatic heterocycles. The average molecular weight is 527 g/mol. The summed E-state index contributed by atoms with van der Waals surface area (Å²) >= 11 is 6.38. The third kappa shape index (κ3) is 3.77. The molecule has 0 saturated carbocycles. The fourth-order valence-electron chi connectivity index (χ4n) is 5.58. The number of halogens is 1. The van der Waals surface area contributed by atoms with Gasteiger partial charge in [-0.15, -0.1) is 0 Å². The molecule has 1 fully saturated rings. The fourth-order valence-corrected chi connectivity index (χ4v) is 5.78. The van der Waals surface area contributed by atoms with E-state index in [0.717, 1.165) is 34.1 Å². The van der Waals surface area contributed by atoms with Gasteiger partial charge in [0.2, 0.25) is 0 Å². The Labute approximate surface area is 225 Å². The molecule has 6 rings (SSSR count). The van der Waals surface area contributed by atoms with Crippen LogP contribution in [0.4, 0.5) is 10.5 Å². The van der Waals surface area contributed by atoms with E-state index in [9.17, 15) is 14.4 Å². The first-order valence-corrected chi connectivity index (χ1v) is 13.2. The number of rotatable bonds is 5. The van der Waals surface area contributed by atoms with E-state index in [0.29, 0.717) is 11.4 Å². The molecule has 2 N–H and O–H groups in total. The number of nitrogens with zero attached hydrogens (tertiary/aromatic N) is 2. The minimum Gasteiger partial charge on any atom is -0.356 e. The Kier molecular flexibility index (Phi) is 5.95. The summed E-state index contributed by atoms with van der Waals surface area (Å²) < 4.78 is 0. The lowest BCUT2D eigenvalue weighted by Crippen LogP contribution is -2.44. The first-order valence-electron chi connectivity index (χ1n) is 12.8. The van der Waals surface area contributed by atoms with Crippen molar-refractivity contribution in [2.24, 2.45) is 0 Å². The second-order valence-electron chi connectivity index (χ2n) is 9.90. The molecular weight excluding hydrogens is 500 g/mol. The molecule has 192 valence electrons. The van der Waals surface area contributed by atoms with Crippen molar-refractivity contribution in [3.8, 4) is 0 Å². The number of carbonyl (C=O) groups is 3. The van der Waals surface area contributed by atoms with Gasteiger partial charge in [0.05, 0.1) is 11.3 Å². The number of fused-ring (bicyclic) bond motifs is 4. The number of amides is 4. The Hall–Kier alpha value is -4.10. The van der Waals surface area contributed by atoms with Crippen LogP contribution in [-0.4, -0.2) is 39.8 Å². The number of benzene rings is 3.